The third-order valence-corrected chi connectivity index (χ3v) is 2.84. The molecule has 0 unspecified atom stereocenters. The lowest BCUT2D eigenvalue weighted by Crippen LogP contribution is -2.11. The van der Waals surface area contributed by atoms with Crippen LogP contribution in [-0.2, 0) is 0 Å². The first-order valence-corrected chi connectivity index (χ1v) is 5.81. The third-order valence-electron chi connectivity index (χ3n) is 2.84. The molecular formula is C13H23N. The van der Waals surface area contributed by atoms with Gasteiger partial charge >= 0.3 is 0 Å². The van der Waals surface area contributed by atoms with Crippen LogP contribution in [0.15, 0.2) is 23.3 Å². The molecule has 1 fully saturated rings. The molecule has 1 aliphatic heterocycles. The van der Waals surface area contributed by atoms with Gasteiger partial charge in [0.2, 0.25) is 0 Å². The van der Waals surface area contributed by atoms with Crippen LogP contribution in [-0.4, -0.2) is 25.0 Å². The highest BCUT2D eigenvalue weighted by Gasteiger charge is 2.16. The highest BCUT2D eigenvalue weighted by Crippen LogP contribution is 2.21. The molecule has 0 amide bonds. The molecule has 0 bridgehead atoms. The Bertz CT molecular complexity index is 225. The second kappa shape index (κ2) is 6.02. The minimum absolute atomic E-state index is 1.14. The monoisotopic (exact) mass is 193 g/mol. The van der Waals surface area contributed by atoms with E-state index < -0.39 is 0 Å². The van der Waals surface area contributed by atoms with Crippen LogP contribution in [0, 0.1) is 0 Å². The van der Waals surface area contributed by atoms with E-state index in [4.69, 9.17) is 0 Å². The lowest BCUT2D eigenvalue weighted by atomic mass is 10.1. The normalized spacial score (nSPS) is 23.9. The van der Waals surface area contributed by atoms with Gasteiger partial charge in [0, 0.05) is 13.1 Å². The first-order valence-electron chi connectivity index (χ1n) is 5.81. The molecule has 0 aromatic heterocycles. The zero-order chi connectivity index (χ0) is 10.4. The largest absolute Gasteiger partial charge is 0.298 e. The molecule has 0 spiro atoms. The van der Waals surface area contributed by atoms with Crippen LogP contribution >= 0.6 is 0 Å². The number of hydrogen-bond acceptors (Lipinski definition) is 1. The van der Waals surface area contributed by atoms with Crippen molar-refractivity contribution < 1.29 is 0 Å². The SMILES string of the molecule is C/C=C1/CN(C)C/C1=C/CCCCC. The second-order valence-electron chi connectivity index (χ2n) is 4.21. The Balaban J connectivity index is 2.42. The van der Waals surface area contributed by atoms with Gasteiger partial charge in [0.25, 0.3) is 0 Å². The smallest absolute Gasteiger partial charge is 0.0234 e. The summed E-state index contributed by atoms with van der Waals surface area (Å²) in [5.41, 5.74) is 3.09. The zero-order valence-corrected chi connectivity index (χ0v) is 9.84. The number of allylic oxidation sites excluding steroid dienone is 2. The van der Waals surface area contributed by atoms with E-state index in [1.54, 1.807) is 5.57 Å². The molecule has 1 aliphatic rings. The maximum Gasteiger partial charge on any atom is 0.0234 e. The Kier molecular flexibility index (Phi) is 4.95. The highest BCUT2D eigenvalue weighted by atomic mass is 15.1. The van der Waals surface area contributed by atoms with E-state index in [0.717, 1.165) is 13.1 Å². The van der Waals surface area contributed by atoms with E-state index in [1.165, 1.54) is 31.3 Å². The molecule has 0 N–H and O–H groups in total. The average Bonchev–Trinajstić information content (AvgIpc) is 2.54. The maximum atomic E-state index is 2.44. The molecule has 1 saturated heterocycles. The van der Waals surface area contributed by atoms with Crippen LogP contribution in [0.4, 0.5) is 0 Å². The summed E-state index contributed by atoms with van der Waals surface area (Å²) < 4.78 is 0. The Morgan fingerprint density at radius 3 is 2.57 bits per heavy atom. The summed E-state index contributed by atoms with van der Waals surface area (Å²) in [6.07, 6.45) is 9.99. The van der Waals surface area contributed by atoms with Gasteiger partial charge in [-0.05, 0) is 38.0 Å². The number of unbranched alkanes of at least 4 members (excludes halogenated alkanes) is 3. The first-order chi connectivity index (χ1) is 6.77. The first kappa shape index (κ1) is 11.5. The number of likely N-dealkylation sites (N-methyl/N-ethyl adjacent to an activating group) is 1. The minimum Gasteiger partial charge on any atom is -0.298 e. The third kappa shape index (κ3) is 3.30. The zero-order valence-electron chi connectivity index (χ0n) is 9.84. The molecule has 0 aromatic carbocycles. The van der Waals surface area contributed by atoms with Crippen LogP contribution in [0.2, 0.25) is 0 Å². The van der Waals surface area contributed by atoms with Gasteiger partial charge in [0.1, 0.15) is 0 Å². The maximum absolute atomic E-state index is 2.44. The molecule has 0 radical (unpaired) electrons. The van der Waals surface area contributed by atoms with Crippen LogP contribution < -0.4 is 0 Å². The van der Waals surface area contributed by atoms with Crippen molar-refractivity contribution >= 4 is 0 Å². The molecule has 0 aliphatic carbocycles. The molecule has 0 saturated carbocycles. The molecule has 1 nitrogen and oxygen atoms in total. The van der Waals surface area contributed by atoms with E-state index in [2.05, 4.69) is 37.9 Å². The van der Waals surface area contributed by atoms with Gasteiger partial charge < -0.3 is 0 Å². The predicted molar refractivity (Wildman–Crippen MR) is 63.5 cm³/mol. The predicted octanol–water partition coefficient (Wildman–Crippen LogP) is 3.38. The number of nitrogens with zero attached hydrogens (tertiary/aromatic N) is 1. The van der Waals surface area contributed by atoms with Crippen molar-refractivity contribution in [3.63, 3.8) is 0 Å². The summed E-state index contributed by atoms with van der Waals surface area (Å²) in [7, 11) is 2.19. The van der Waals surface area contributed by atoms with Gasteiger partial charge in [-0.3, -0.25) is 4.90 Å². The van der Waals surface area contributed by atoms with Crippen molar-refractivity contribution in [2.24, 2.45) is 0 Å². The van der Waals surface area contributed by atoms with Crippen LogP contribution in [0.5, 0.6) is 0 Å². The molecule has 1 heterocycles. The molecule has 1 heteroatoms. The molecule has 1 rings (SSSR count). The van der Waals surface area contributed by atoms with Crippen molar-refractivity contribution in [1.29, 1.82) is 0 Å². The van der Waals surface area contributed by atoms with Crippen LogP contribution in [0.3, 0.4) is 0 Å². The molecule has 0 aromatic rings. The quantitative estimate of drug-likeness (QED) is 0.619. The topological polar surface area (TPSA) is 3.24 Å². The molecule has 14 heavy (non-hydrogen) atoms. The van der Waals surface area contributed by atoms with Gasteiger partial charge in [-0.15, -0.1) is 0 Å². The fraction of sp³-hybridized carbons (Fsp3) is 0.692. The van der Waals surface area contributed by atoms with E-state index >= 15 is 0 Å². The number of hydrogen-bond donors (Lipinski definition) is 0. The van der Waals surface area contributed by atoms with E-state index in [-0.39, 0.29) is 0 Å². The standard InChI is InChI=1S/C13H23N/c1-4-6-7-8-9-13-11-14(3)10-12(13)5-2/h5,9H,4,6-8,10-11H2,1-3H3/b12-5-,13-9-. The van der Waals surface area contributed by atoms with Crippen LogP contribution in [0.25, 0.3) is 0 Å². The highest BCUT2D eigenvalue weighted by molar-refractivity contribution is 5.37. The van der Waals surface area contributed by atoms with Crippen LogP contribution in [0.1, 0.15) is 39.5 Å². The van der Waals surface area contributed by atoms with Crippen molar-refractivity contribution in [3.8, 4) is 0 Å². The summed E-state index contributed by atoms with van der Waals surface area (Å²) in [4.78, 5) is 2.38. The van der Waals surface area contributed by atoms with Gasteiger partial charge in [-0.2, -0.15) is 0 Å². The summed E-state index contributed by atoms with van der Waals surface area (Å²) >= 11 is 0. The molecule has 0 atom stereocenters. The van der Waals surface area contributed by atoms with Gasteiger partial charge in [-0.1, -0.05) is 31.9 Å². The van der Waals surface area contributed by atoms with Gasteiger partial charge in [0.15, 0.2) is 0 Å². The van der Waals surface area contributed by atoms with Crippen molar-refractivity contribution in [3.05, 3.63) is 23.3 Å². The number of rotatable bonds is 4. The van der Waals surface area contributed by atoms with Gasteiger partial charge in [-0.25, -0.2) is 0 Å². The second-order valence-corrected chi connectivity index (χ2v) is 4.21. The van der Waals surface area contributed by atoms with E-state index in [0.29, 0.717) is 0 Å². The average molecular weight is 193 g/mol. The number of likely N-dealkylation sites (tertiary alicyclic amines) is 1. The summed E-state index contributed by atoms with van der Waals surface area (Å²) in [6, 6.07) is 0. The fourth-order valence-corrected chi connectivity index (χ4v) is 1.98. The Labute approximate surface area is 88.5 Å². The fourth-order valence-electron chi connectivity index (χ4n) is 1.98. The Morgan fingerprint density at radius 1 is 1.21 bits per heavy atom. The van der Waals surface area contributed by atoms with E-state index in [9.17, 15) is 0 Å². The Morgan fingerprint density at radius 2 is 1.93 bits per heavy atom. The van der Waals surface area contributed by atoms with E-state index in [1.807, 2.05) is 0 Å². The van der Waals surface area contributed by atoms with Gasteiger partial charge in [0.05, 0.1) is 0 Å². The van der Waals surface area contributed by atoms with Crippen molar-refractivity contribution in [2.45, 2.75) is 39.5 Å². The summed E-state index contributed by atoms with van der Waals surface area (Å²) in [5, 5.41) is 0. The molecular weight excluding hydrogens is 170 g/mol. The lowest BCUT2D eigenvalue weighted by Gasteiger charge is -2.01. The van der Waals surface area contributed by atoms with Crippen molar-refractivity contribution in [2.75, 3.05) is 20.1 Å². The Hall–Kier alpha value is -0.560. The molecule has 80 valence electrons. The summed E-state index contributed by atoms with van der Waals surface area (Å²) in [6.45, 7) is 6.68. The lowest BCUT2D eigenvalue weighted by molar-refractivity contribution is 0.437. The summed E-state index contributed by atoms with van der Waals surface area (Å²) in [5.74, 6) is 0. The minimum atomic E-state index is 1.14. The van der Waals surface area contributed by atoms with Crippen molar-refractivity contribution in [1.82, 2.24) is 4.90 Å².